The average molecular weight is 357 g/mol. The van der Waals surface area contributed by atoms with Crippen LogP contribution in [-0.4, -0.2) is 42.1 Å². The summed E-state index contributed by atoms with van der Waals surface area (Å²) in [6.45, 7) is 5.18. The largest absolute Gasteiger partial charge is 0.368 e. The van der Waals surface area contributed by atoms with Crippen LogP contribution in [0.15, 0.2) is 29.7 Å². The van der Waals surface area contributed by atoms with E-state index in [1.54, 1.807) is 17.4 Å². The molecule has 3 rings (SSSR count). The van der Waals surface area contributed by atoms with E-state index < -0.39 is 0 Å². The van der Waals surface area contributed by atoms with E-state index in [9.17, 15) is 4.79 Å². The Morgan fingerprint density at radius 2 is 2.16 bits per heavy atom. The summed E-state index contributed by atoms with van der Waals surface area (Å²) in [6.07, 6.45) is 5.82. The quantitative estimate of drug-likeness (QED) is 0.589. The fourth-order valence-corrected chi connectivity index (χ4v) is 3.35. The Kier molecular flexibility index (Phi) is 6.00. The third-order valence-electron chi connectivity index (χ3n) is 3.93. The molecule has 0 unspecified atom stereocenters. The van der Waals surface area contributed by atoms with Gasteiger partial charge in [-0.05, 0) is 37.3 Å². The monoisotopic (exact) mass is 357 g/mol. The molecule has 0 radical (unpaired) electrons. The van der Waals surface area contributed by atoms with Crippen molar-refractivity contribution in [2.45, 2.75) is 19.8 Å². The van der Waals surface area contributed by atoms with Crippen LogP contribution in [0.3, 0.4) is 0 Å². The van der Waals surface area contributed by atoms with E-state index in [-0.39, 0.29) is 5.91 Å². The van der Waals surface area contributed by atoms with E-state index in [1.165, 1.54) is 12.8 Å². The lowest BCUT2D eigenvalue weighted by molar-refractivity contribution is -0.116. The van der Waals surface area contributed by atoms with Crippen LogP contribution < -0.4 is 15.5 Å². The minimum Gasteiger partial charge on any atom is -0.368 e. The van der Waals surface area contributed by atoms with Crippen LogP contribution in [0.4, 0.5) is 11.6 Å². The van der Waals surface area contributed by atoms with Gasteiger partial charge >= 0.3 is 0 Å². The lowest BCUT2D eigenvalue weighted by Gasteiger charge is -2.17. The number of hydrogen-bond acceptors (Lipinski definition) is 6. The van der Waals surface area contributed by atoms with Crippen molar-refractivity contribution in [3.05, 3.63) is 40.4 Å². The summed E-state index contributed by atoms with van der Waals surface area (Å²) in [5, 5.41) is 8.11. The molecular formula is C18H23N5OS. The standard InChI is InChI=1S/C18H23N5OS/c1-14-21-16(13-17(22-14)23-10-2-3-11-23)19-8-9-20-18(24)7-6-15-5-4-12-25-15/h4-7,12-13H,2-3,8-11H2,1H3,(H,20,24)(H,19,21,22)/b7-6+. The molecule has 2 aromatic rings. The highest BCUT2D eigenvalue weighted by Crippen LogP contribution is 2.20. The first kappa shape index (κ1) is 17.4. The first-order valence-electron chi connectivity index (χ1n) is 8.54. The van der Waals surface area contributed by atoms with Gasteiger partial charge < -0.3 is 15.5 Å². The van der Waals surface area contributed by atoms with E-state index in [4.69, 9.17) is 0 Å². The number of hydrogen-bond donors (Lipinski definition) is 2. The van der Waals surface area contributed by atoms with Gasteiger partial charge in [0.1, 0.15) is 17.5 Å². The molecule has 0 saturated carbocycles. The Hall–Kier alpha value is -2.41. The molecule has 2 aromatic heterocycles. The normalized spacial score (nSPS) is 14.2. The van der Waals surface area contributed by atoms with E-state index >= 15 is 0 Å². The van der Waals surface area contributed by atoms with Gasteiger partial charge in [-0.15, -0.1) is 11.3 Å². The number of thiophene rings is 1. The van der Waals surface area contributed by atoms with Gasteiger partial charge in [-0.1, -0.05) is 6.07 Å². The summed E-state index contributed by atoms with van der Waals surface area (Å²) >= 11 is 1.61. The SMILES string of the molecule is Cc1nc(NCCNC(=O)/C=C/c2cccs2)cc(N2CCCC2)n1. The summed E-state index contributed by atoms with van der Waals surface area (Å²) in [5.41, 5.74) is 0. The highest BCUT2D eigenvalue weighted by molar-refractivity contribution is 7.10. The van der Waals surface area contributed by atoms with Crippen LogP contribution in [0.2, 0.25) is 0 Å². The number of carbonyl (C=O) groups excluding carboxylic acids is 1. The Bertz CT molecular complexity index is 723. The molecule has 2 N–H and O–H groups in total. The van der Waals surface area contributed by atoms with E-state index in [1.807, 2.05) is 36.6 Å². The van der Waals surface area contributed by atoms with Crippen LogP contribution >= 0.6 is 11.3 Å². The first-order chi connectivity index (χ1) is 12.2. The zero-order valence-corrected chi connectivity index (χ0v) is 15.2. The molecule has 1 aliphatic heterocycles. The summed E-state index contributed by atoms with van der Waals surface area (Å²) in [6, 6.07) is 5.93. The molecular weight excluding hydrogens is 334 g/mol. The lowest BCUT2D eigenvalue weighted by atomic mass is 10.4. The second-order valence-electron chi connectivity index (χ2n) is 5.92. The maximum atomic E-state index is 11.8. The molecule has 0 aliphatic carbocycles. The number of rotatable bonds is 7. The number of carbonyl (C=O) groups is 1. The minimum atomic E-state index is -0.0909. The van der Waals surface area contributed by atoms with Gasteiger partial charge in [0.15, 0.2) is 0 Å². The lowest BCUT2D eigenvalue weighted by Crippen LogP contribution is -2.27. The van der Waals surface area contributed by atoms with Gasteiger partial charge in [-0.25, -0.2) is 9.97 Å². The van der Waals surface area contributed by atoms with Gasteiger partial charge in [-0.3, -0.25) is 4.79 Å². The summed E-state index contributed by atoms with van der Waals surface area (Å²) in [5.74, 6) is 2.45. The molecule has 6 nitrogen and oxygen atoms in total. The van der Waals surface area contributed by atoms with Gasteiger partial charge in [0.05, 0.1) is 0 Å². The predicted octanol–water partition coefficient (Wildman–Crippen LogP) is 2.69. The molecule has 132 valence electrons. The summed E-state index contributed by atoms with van der Waals surface area (Å²) < 4.78 is 0. The highest BCUT2D eigenvalue weighted by Gasteiger charge is 2.14. The van der Waals surface area contributed by atoms with Gasteiger partial charge in [0.25, 0.3) is 0 Å². The van der Waals surface area contributed by atoms with Crippen molar-refractivity contribution in [3.63, 3.8) is 0 Å². The topological polar surface area (TPSA) is 70.2 Å². The van der Waals surface area contributed by atoms with E-state index in [0.717, 1.165) is 35.4 Å². The summed E-state index contributed by atoms with van der Waals surface area (Å²) in [4.78, 5) is 24.1. The Morgan fingerprint density at radius 1 is 1.32 bits per heavy atom. The molecule has 7 heteroatoms. The molecule has 0 aromatic carbocycles. The molecule has 1 fully saturated rings. The van der Waals surface area contributed by atoms with Crippen molar-refractivity contribution < 1.29 is 4.79 Å². The molecule has 0 bridgehead atoms. The molecule has 1 saturated heterocycles. The third kappa shape index (κ3) is 5.29. The number of anilines is 2. The van der Waals surface area contributed by atoms with Crippen molar-refractivity contribution in [2.24, 2.45) is 0 Å². The second kappa shape index (κ2) is 8.62. The van der Waals surface area contributed by atoms with Gasteiger partial charge in [-0.2, -0.15) is 0 Å². The predicted molar refractivity (Wildman–Crippen MR) is 103 cm³/mol. The number of nitrogens with one attached hydrogen (secondary N) is 2. The van der Waals surface area contributed by atoms with Gasteiger partial charge in [0.2, 0.25) is 5.91 Å². The van der Waals surface area contributed by atoms with Crippen molar-refractivity contribution >= 4 is 35.0 Å². The second-order valence-corrected chi connectivity index (χ2v) is 6.90. The molecule has 1 aliphatic rings. The molecule has 1 amide bonds. The number of aryl methyl sites for hydroxylation is 1. The molecule has 0 atom stereocenters. The molecule has 25 heavy (non-hydrogen) atoms. The fourth-order valence-electron chi connectivity index (χ4n) is 2.73. The Morgan fingerprint density at radius 3 is 2.92 bits per heavy atom. The van der Waals surface area contributed by atoms with Crippen molar-refractivity contribution in [1.29, 1.82) is 0 Å². The smallest absolute Gasteiger partial charge is 0.244 e. The zero-order valence-electron chi connectivity index (χ0n) is 14.4. The van der Waals surface area contributed by atoms with E-state index in [2.05, 4.69) is 25.5 Å². The maximum absolute atomic E-state index is 11.8. The van der Waals surface area contributed by atoms with Gasteiger partial charge in [0, 0.05) is 43.2 Å². The summed E-state index contributed by atoms with van der Waals surface area (Å²) in [7, 11) is 0. The Balaban J connectivity index is 1.44. The van der Waals surface area contributed by atoms with Crippen LogP contribution in [-0.2, 0) is 4.79 Å². The van der Waals surface area contributed by atoms with Crippen LogP contribution in [0.5, 0.6) is 0 Å². The van der Waals surface area contributed by atoms with Crippen LogP contribution in [0.1, 0.15) is 23.5 Å². The maximum Gasteiger partial charge on any atom is 0.244 e. The fraction of sp³-hybridized carbons (Fsp3) is 0.389. The van der Waals surface area contributed by atoms with E-state index in [0.29, 0.717) is 13.1 Å². The highest BCUT2D eigenvalue weighted by atomic mass is 32.1. The Labute approximate surface area is 152 Å². The third-order valence-corrected chi connectivity index (χ3v) is 4.76. The first-order valence-corrected chi connectivity index (χ1v) is 9.42. The minimum absolute atomic E-state index is 0.0909. The average Bonchev–Trinajstić information content (AvgIpc) is 3.30. The molecule has 0 spiro atoms. The van der Waals surface area contributed by atoms with Crippen LogP contribution in [0, 0.1) is 6.92 Å². The number of nitrogens with zero attached hydrogens (tertiary/aromatic N) is 3. The molecule has 3 heterocycles. The van der Waals surface area contributed by atoms with Crippen molar-refractivity contribution in [3.8, 4) is 0 Å². The number of amides is 1. The van der Waals surface area contributed by atoms with Crippen LogP contribution in [0.25, 0.3) is 6.08 Å². The number of aromatic nitrogens is 2. The van der Waals surface area contributed by atoms with Crippen molar-refractivity contribution in [1.82, 2.24) is 15.3 Å². The zero-order chi connectivity index (χ0) is 17.5. The van der Waals surface area contributed by atoms with Crippen molar-refractivity contribution in [2.75, 3.05) is 36.4 Å².